The maximum absolute atomic E-state index is 12.6. The van der Waals surface area contributed by atoms with E-state index in [2.05, 4.69) is 55.6 Å². The normalized spacial score (nSPS) is 12.7. The lowest BCUT2D eigenvalue weighted by atomic mass is 10.0. The maximum atomic E-state index is 12.6. The molecule has 0 fully saturated rings. The third kappa shape index (κ3) is 71.0. The number of nitrogens with one attached hydrogen (secondary N) is 1. The molecule has 0 aliphatic carbocycles. The molecule has 0 aliphatic rings. The van der Waals surface area contributed by atoms with Crippen molar-refractivity contribution in [2.75, 3.05) is 13.2 Å². The maximum Gasteiger partial charge on any atom is 0.305 e. The lowest BCUT2D eigenvalue weighted by Gasteiger charge is -2.22. The summed E-state index contributed by atoms with van der Waals surface area (Å²) < 4.78 is 5.50. The number of carbonyl (C=O) groups is 2. The smallest absolute Gasteiger partial charge is 0.305 e. The third-order valence-electron chi connectivity index (χ3n) is 18.2. The Kier molecular flexibility index (Phi) is 72.9. The summed E-state index contributed by atoms with van der Waals surface area (Å²) in [6, 6.07) is -0.542. The lowest BCUT2D eigenvalue weighted by molar-refractivity contribution is -0.143. The monoisotopic (exact) mass is 1190 g/mol. The fourth-order valence-corrected chi connectivity index (χ4v) is 12.3. The Labute approximate surface area is 532 Å². The summed E-state index contributed by atoms with van der Waals surface area (Å²) in [4.78, 5) is 24.7. The highest BCUT2D eigenvalue weighted by molar-refractivity contribution is 5.76. The molecular formula is C79H151NO5. The predicted octanol–water partition coefficient (Wildman–Crippen LogP) is 25.4. The van der Waals surface area contributed by atoms with E-state index >= 15 is 0 Å². The van der Waals surface area contributed by atoms with Crippen LogP contribution < -0.4 is 5.32 Å². The number of allylic oxidation sites excluding steroid dienone is 6. The average Bonchev–Trinajstić information content (AvgIpc) is 3.51. The fraction of sp³-hybridized carbons (Fsp3) is 0.899. The second-order valence-corrected chi connectivity index (χ2v) is 26.7. The Balaban J connectivity index is 3.37. The minimum Gasteiger partial charge on any atom is -0.466 e. The summed E-state index contributed by atoms with van der Waals surface area (Å²) >= 11 is 0. The summed E-state index contributed by atoms with van der Waals surface area (Å²) in [5.74, 6) is -0.0187. The van der Waals surface area contributed by atoms with Crippen LogP contribution in [0.5, 0.6) is 0 Å². The van der Waals surface area contributed by atoms with Crippen LogP contribution in [0.3, 0.4) is 0 Å². The zero-order chi connectivity index (χ0) is 61.3. The van der Waals surface area contributed by atoms with Crippen LogP contribution in [0.25, 0.3) is 0 Å². The van der Waals surface area contributed by atoms with Crippen molar-refractivity contribution < 1.29 is 24.5 Å². The van der Waals surface area contributed by atoms with Crippen LogP contribution in [-0.2, 0) is 14.3 Å². The van der Waals surface area contributed by atoms with Gasteiger partial charge in [-0.15, -0.1) is 0 Å². The van der Waals surface area contributed by atoms with E-state index in [4.69, 9.17) is 4.74 Å². The van der Waals surface area contributed by atoms with Crippen LogP contribution in [0.15, 0.2) is 36.5 Å². The van der Waals surface area contributed by atoms with Crippen molar-refractivity contribution in [3.05, 3.63) is 36.5 Å². The first-order chi connectivity index (χ1) is 42.0. The molecule has 0 rings (SSSR count). The molecular weight excluding hydrogens is 1040 g/mol. The molecule has 2 unspecified atom stereocenters. The molecule has 0 aromatic heterocycles. The molecule has 0 aromatic carbocycles. The van der Waals surface area contributed by atoms with Gasteiger partial charge < -0.3 is 20.3 Å². The molecule has 0 aromatic rings. The van der Waals surface area contributed by atoms with Crippen molar-refractivity contribution in [2.45, 2.75) is 443 Å². The first kappa shape index (κ1) is 83.1. The summed E-state index contributed by atoms with van der Waals surface area (Å²) in [5, 5.41) is 23.4. The van der Waals surface area contributed by atoms with Gasteiger partial charge in [0.15, 0.2) is 0 Å². The van der Waals surface area contributed by atoms with Gasteiger partial charge in [0.25, 0.3) is 0 Å². The standard InChI is InChI=1S/C79H151NO5/c1-3-5-7-9-11-13-15-17-19-21-22-33-36-40-43-47-51-55-59-63-67-71-77(82)76(75-81)80-78(83)72-68-64-60-56-52-48-44-41-37-34-31-29-27-25-23-24-26-28-30-32-35-38-42-46-50-54-58-62-66-70-74-85-79(84)73-69-65-61-57-53-49-45-39-20-18-16-14-12-10-8-6-4-2/h12,14,18,20,24,26,76-77,81-82H,3-11,13,15-17,19,21-23,25,27-75H2,1-2H3,(H,80,83)/b14-12-,20-18-,26-24-. The highest BCUT2D eigenvalue weighted by Gasteiger charge is 2.20. The van der Waals surface area contributed by atoms with Crippen LogP contribution in [-0.4, -0.2) is 47.4 Å². The number of ether oxygens (including phenoxy) is 1. The molecule has 1 amide bonds. The van der Waals surface area contributed by atoms with Crippen LogP contribution in [0.2, 0.25) is 0 Å². The van der Waals surface area contributed by atoms with E-state index in [1.807, 2.05) is 0 Å². The van der Waals surface area contributed by atoms with Gasteiger partial charge in [-0.05, 0) is 83.5 Å². The zero-order valence-corrected chi connectivity index (χ0v) is 57.6. The van der Waals surface area contributed by atoms with Crippen LogP contribution >= 0.6 is 0 Å². The second-order valence-electron chi connectivity index (χ2n) is 26.7. The Morgan fingerprint density at radius 2 is 0.588 bits per heavy atom. The van der Waals surface area contributed by atoms with Gasteiger partial charge in [0, 0.05) is 12.8 Å². The molecule has 6 nitrogen and oxygen atoms in total. The van der Waals surface area contributed by atoms with Gasteiger partial charge >= 0.3 is 5.97 Å². The van der Waals surface area contributed by atoms with Crippen molar-refractivity contribution in [2.24, 2.45) is 0 Å². The first-order valence-electron chi connectivity index (χ1n) is 38.7. The molecule has 3 N–H and O–H groups in total. The number of aliphatic hydroxyl groups excluding tert-OH is 2. The van der Waals surface area contributed by atoms with Gasteiger partial charge in [0.05, 0.1) is 25.4 Å². The summed E-state index contributed by atoms with van der Waals surface area (Å²) in [6.07, 6.45) is 96.5. The van der Waals surface area contributed by atoms with Gasteiger partial charge in [-0.1, -0.05) is 371 Å². The molecule has 85 heavy (non-hydrogen) atoms. The van der Waals surface area contributed by atoms with E-state index in [1.165, 1.54) is 347 Å². The number of esters is 1. The number of aliphatic hydroxyl groups is 2. The molecule has 502 valence electrons. The molecule has 0 saturated carbocycles. The molecule has 0 saturated heterocycles. The number of hydrogen-bond acceptors (Lipinski definition) is 5. The Hall–Kier alpha value is -1.92. The van der Waals surface area contributed by atoms with E-state index < -0.39 is 12.1 Å². The molecule has 0 spiro atoms. The molecule has 2 atom stereocenters. The minimum atomic E-state index is -0.665. The topological polar surface area (TPSA) is 95.9 Å². The summed E-state index contributed by atoms with van der Waals surface area (Å²) in [6.45, 7) is 4.97. The largest absolute Gasteiger partial charge is 0.466 e. The molecule has 0 bridgehead atoms. The van der Waals surface area contributed by atoms with Crippen LogP contribution in [0, 0.1) is 0 Å². The summed E-state index contributed by atoms with van der Waals surface area (Å²) in [7, 11) is 0. The van der Waals surface area contributed by atoms with Crippen molar-refractivity contribution in [1.82, 2.24) is 5.32 Å². The van der Waals surface area contributed by atoms with Crippen molar-refractivity contribution in [1.29, 1.82) is 0 Å². The molecule has 0 aliphatic heterocycles. The number of rotatable bonds is 73. The van der Waals surface area contributed by atoms with Crippen molar-refractivity contribution in [3.8, 4) is 0 Å². The molecule has 0 radical (unpaired) electrons. The van der Waals surface area contributed by atoms with Crippen LogP contribution in [0.4, 0.5) is 0 Å². The first-order valence-corrected chi connectivity index (χ1v) is 38.7. The fourth-order valence-electron chi connectivity index (χ4n) is 12.3. The highest BCUT2D eigenvalue weighted by Crippen LogP contribution is 2.19. The van der Waals surface area contributed by atoms with E-state index in [1.54, 1.807) is 0 Å². The van der Waals surface area contributed by atoms with E-state index in [0.717, 1.165) is 51.4 Å². The van der Waals surface area contributed by atoms with E-state index in [0.29, 0.717) is 25.9 Å². The number of amides is 1. The van der Waals surface area contributed by atoms with Gasteiger partial charge in [-0.3, -0.25) is 9.59 Å². The lowest BCUT2D eigenvalue weighted by Crippen LogP contribution is -2.45. The number of unbranched alkanes of at least 4 members (excludes halogenated alkanes) is 56. The summed E-state index contributed by atoms with van der Waals surface area (Å²) in [5.41, 5.74) is 0. The number of hydrogen-bond donors (Lipinski definition) is 3. The average molecular weight is 1200 g/mol. The Morgan fingerprint density at radius 3 is 0.929 bits per heavy atom. The van der Waals surface area contributed by atoms with E-state index in [-0.39, 0.29) is 18.5 Å². The van der Waals surface area contributed by atoms with Gasteiger partial charge in [-0.25, -0.2) is 0 Å². The van der Waals surface area contributed by atoms with Gasteiger partial charge in [0.1, 0.15) is 0 Å². The predicted molar refractivity (Wildman–Crippen MR) is 375 cm³/mol. The van der Waals surface area contributed by atoms with Crippen molar-refractivity contribution >= 4 is 11.9 Å². The SMILES string of the molecule is CCCCC/C=C\C/C=C\CCCCCCCCCC(=O)OCCCCCCCCCCCCCC/C=C\CCCCCCCCCCCCCCCCC(=O)NC(CO)C(O)CCCCCCCCCCCCCCCCCCCCCCC. The molecule has 0 heterocycles. The third-order valence-corrected chi connectivity index (χ3v) is 18.2. The quantitative estimate of drug-likeness (QED) is 0.0320. The highest BCUT2D eigenvalue weighted by atomic mass is 16.5. The Morgan fingerprint density at radius 1 is 0.329 bits per heavy atom. The van der Waals surface area contributed by atoms with Gasteiger partial charge in [0.2, 0.25) is 5.91 Å². The Bertz CT molecular complexity index is 1380. The number of carbonyl (C=O) groups excluding carboxylic acids is 2. The van der Waals surface area contributed by atoms with Gasteiger partial charge in [-0.2, -0.15) is 0 Å². The minimum absolute atomic E-state index is 0.0101. The van der Waals surface area contributed by atoms with Crippen LogP contribution in [0.1, 0.15) is 431 Å². The van der Waals surface area contributed by atoms with E-state index in [9.17, 15) is 19.8 Å². The molecule has 6 heteroatoms. The van der Waals surface area contributed by atoms with Crippen molar-refractivity contribution in [3.63, 3.8) is 0 Å². The second kappa shape index (κ2) is 74.5. The zero-order valence-electron chi connectivity index (χ0n) is 57.6.